The minimum Gasteiger partial charge on any atom is -0.497 e. The molecule has 168 valence electrons. The van der Waals surface area contributed by atoms with Gasteiger partial charge in [-0.05, 0) is 49.9 Å². The molecular formula is C26H32N4O2. The standard InChI is InChI=1S/C26H32N4O2/c1-32-22-13-7-9-19(17-22)24-23-14-5-6-16-30(23)25(28-24)20-10-8-15-29(18-20)26(31)27-21-11-3-2-4-12-21/h5-7,9,13-14,16-17,20-21H,2-4,8,10-12,15,18H2,1H3,(H,27,31)/t20-/m1/s1. The number of nitrogens with one attached hydrogen (secondary N) is 1. The highest BCUT2D eigenvalue weighted by Crippen LogP contribution is 2.33. The fraction of sp³-hybridized carbons (Fsp3) is 0.462. The summed E-state index contributed by atoms with van der Waals surface area (Å²) in [5.41, 5.74) is 3.09. The summed E-state index contributed by atoms with van der Waals surface area (Å²) in [5, 5.41) is 3.29. The minimum atomic E-state index is 0.0930. The molecule has 6 nitrogen and oxygen atoms in total. The highest BCUT2D eigenvalue weighted by atomic mass is 16.5. The highest BCUT2D eigenvalue weighted by Gasteiger charge is 2.29. The van der Waals surface area contributed by atoms with Gasteiger partial charge in [0.2, 0.25) is 0 Å². The van der Waals surface area contributed by atoms with Gasteiger partial charge in [-0.2, -0.15) is 0 Å². The average molecular weight is 433 g/mol. The van der Waals surface area contributed by atoms with Crippen molar-refractivity contribution in [1.82, 2.24) is 19.6 Å². The number of pyridine rings is 1. The number of imidazole rings is 1. The molecule has 3 heterocycles. The van der Waals surface area contributed by atoms with Crippen molar-refractivity contribution in [3.05, 3.63) is 54.5 Å². The maximum absolute atomic E-state index is 13.0. The van der Waals surface area contributed by atoms with Gasteiger partial charge >= 0.3 is 6.03 Å². The monoisotopic (exact) mass is 432 g/mol. The number of aromatic nitrogens is 2. The Bertz CT molecular complexity index is 1090. The van der Waals surface area contributed by atoms with Crippen LogP contribution in [0.4, 0.5) is 4.79 Å². The van der Waals surface area contributed by atoms with Crippen LogP contribution in [0.15, 0.2) is 48.7 Å². The average Bonchev–Trinajstić information content (AvgIpc) is 3.25. The summed E-state index contributed by atoms with van der Waals surface area (Å²) in [5.74, 6) is 2.08. The molecule has 0 radical (unpaired) electrons. The number of amides is 2. The van der Waals surface area contributed by atoms with Gasteiger partial charge in [-0.15, -0.1) is 0 Å². The number of methoxy groups -OCH3 is 1. The molecular weight excluding hydrogens is 400 g/mol. The lowest BCUT2D eigenvalue weighted by Gasteiger charge is -2.34. The first-order chi connectivity index (χ1) is 15.7. The number of ether oxygens (including phenoxy) is 1. The van der Waals surface area contributed by atoms with Crippen molar-refractivity contribution in [2.45, 2.75) is 56.9 Å². The summed E-state index contributed by atoms with van der Waals surface area (Å²) in [6.45, 7) is 1.53. The molecule has 1 saturated carbocycles. The zero-order valence-corrected chi connectivity index (χ0v) is 18.8. The molecule has 2 aliphatic rings. The Balaban J connectivity index is 1.41. The van der Waals surface area contributed by atoms with Gasteiger partial charge in [0.1, 0.15) is 11.6 Å². The van der Waals surface area contributed by atoms with Crippen molar-refractivity contribution in [3.63, 3.8) is 0 Å². The third kappa shape index (κ3) is 4.18. The lowest BCUT2D eigenvalue weighted by Crippen LogP contribution is -2.48. The first-order valence-corrected chi connectivity index (χ1v) is 11.9. The summed E-state index contributed by atoms with van der Waals surface area (Å²) in [6, 6.07) is 14.7. The quantitative estimate of drug-likeness (QED) is 0.614. The number of nitrogens with zero attached hydrogens (tertiary/aromatic N) is 3. The summed E-state index contributed by atoms with van der Waals surface area (Å²) in [6.07, 6.45) is 10.1. The zero-order valence-electron chi connectivity index (χ0n) is 18.8. The molecule has 2 amide bonds. The zero-order chi connectivity index (χ0) is 21.9. The third-order valence-electron chi connectivity index (χ3n) is 6.93. The lowest BCUT2D eigenvalue weighted by atomic mass is 9.95. The number of rotatable bonds is 4. The van der Waals surface area contributed by atoms with E-state index in [1.54, 1.807) is 7.11 Å². The van der Waals surface area contributed by atoms with Gasteiger partial charge in [-0.25, -0.2) is 9.78 Å². The van der Waals surface area contributed by atoms with E-state index in [2.05, 4.69) is 34.1 Å². The van der Waals surface area contributed by atoms with E-state index < -0.39 is 0 Å². The predicted octanol–water partition coefficient (Wildman–Crippen LogP) is 5.23. The summed E-state index contributed by atoms with van der Waals surface area (Å²) in [7, 11) is 1.69. The summed E-state index contributed by atoms with van der Waals surface area (Å²) >= 11 is 0. The number of carbonyl (C=O) groups is 1. The molecule has 2 aromatic heterocycles. The number of benzene rings is 1. The number of fused-ring (bicyclic) bond motifs is 1. The van der Waals surface area contributed by atoms with Crippen LogP contribution in [0.5, 0.6) is 5.75 Å². The van der Waals surface area contributed by atoms with Crippen LogP contribution >= 0.6 is 0 Å². The summed E-state index contributed by atoms with van der Waals surface area (Å²) < 4.78 is 7.63. The van der Waals surface area contributed by atoms with Crippen molar-refractivity contribution in [2.75, 3.05) is 20.2 Å². The number of hydrogen-bond acceptors (Lipinski definition) is 3. The molecule has 0 bridgehead atoms. The van der Waals surface area contributed by atoms with Crippen LogP contribution in [0.2, 0.25) is 0 Å². The largest absolute Gasteiger partial charge is 0.497 e. The molecule has 1 saturated heterocycles. The maximum atomic E-state index is 13.0. The van der Waals surface area contributed by atoms with E-state index >= 15 is 0 Å². The van der Waals surface area contributed by atoms with Crippen LogP contribution in [0, 0.1) is 0 Å². The molecule has 1 N–H and O–H groups in total. The van der Waals surface area contributed by atoms with E-state index in [9.17, 15) is 4.79 Å². The van der Waals surface area contributed by atoms with E-state index in [1.165, 1.54) is 19.3 Å². The molecule has 0 spiro atoms. The summed E-state index contributed by atoms with van der Waals surface area (Å²) in [4.78, 5) is 20.1. The Labute approximate surface area is 189 Å². The second-order valence-corrected chi connectivity index (χ2v) is 9.08. The van der Waals surface area contributed by atoms with E-state index in [-0.39, 0.29) is 11.9 Å². The third-order valence-corrected chi connectivity index (χ3v) is 6.93. The van der Waals surface area contributed by atoms with Crippen molar-refractivity contribution < 1.29 is 9.53 Å². The molecule has 1 aliphatic heterocycles. The number of likely N-dealkylation sites (tertiary alicyclic amines) is 1. The first-order valence-electron chi connectivity index (χ1n) is 11.9. The molecule has 32 heavy (non-hydrogen) atoms. The van der Waals surface area contributed by atoms with Gasteiger partial charge in [0.05, 0.1) is 18.3 Å². The van der Waals surface area contributed by atoms with Crippen molar-refractivity contribution in [1.29, 1.82) is 0 Å². The van der Waals surface area contributed by atoms with Crippen LogP contribution in [0.25, 0.3) is 16.8 Å². The Hall–Kier alpha value is -3.02. The molecule has 2 fully saturated rings. The highest BCUT2D eigenvalue weighted by molar-refractivity contribution is 5.78. The maximum Gasteiger partial charge on any atom is 0.317 e. The van der Waals surface area contributed by atoms with Gasteiger partial charge in [0.25, 0.3) is 0 Å². The number of carbonyl (C=O) groups excluding carboxylic acids is 1. The van der Waals surface area contributed by atoms with Crippen molar-refractivity contribution >= 4 is 11.5 Å². The topological polar surface area (TPSA) is 58.9 Å². The van der Waals surface area contributed by atoms with E-state index in [0.29, 0.717) is 12.6 Å². The molecule has 1 atom stereocenters. The van der Waals surface area contributed by atoms with Crippen LogP contribution in [-0.2, 0) is 0 Å². The van der Waals surface area contributed by atoms with Gasteiger partial charge in [-0.1, -0.05) is 37.5 Å². The van der Waals surface area contributed by atoms with Crippen molar-refractivity contribution in [3.8, 4) is 17.0 Å². The van der Waals surface area contributed by atoms with Crippen LogP contribution < -0.4 is 10.1 Å². The van der Waals surface area contributed by atoms with E-state index in [0.717, 1.165) is 60.6 Å². The molecule has 6 heteroatoms. The number of piperidine rings is 1. The lowest BCUT2D eigenvalue weighted by molar-refractivity contribution is 0.171. The smallest absolute Gasteiger partial charge is 0.317 e. The fourth-order valence-corrected chi connectivity index (χ4v) is 5.22. The normalized spacial score (nSPS) is 19.8. The van der Waals surface area contributed by atoms with Crippen LogP contribution in [0.1, 0.15) is 56.7 Å². The molecule has 3 aromatic rings. The second kappa shape index (κ2) is 9.23. The predicted molar refractivity (Wildman–Crippen MR) is 126 cm³/mol. The molecule has 1 aliphatic carbocycles. The SMILES string of the molecule is COc1cccc(-c2nc([C@@H]3CCCN(C(=O)NC4CCCCC4)C3)n3ccccc23)c1. The van der Waals surface area contributed by atoms with Crippen LogP contribution in [0.3, 0.4) is 0 Å². The van der Waals surface area contributed by atoms with Gasteiger partial charge in [0.15, 0.2) is 0 Å². The fourth-order valence-electron chi connectivity index (χ4n) is 5.22. The van der Waals surface area contributed by atoms with E-state index in [1.807, 2.05) is 29.2 Å². The Morgan fingerprint density at radius 2 is 1.94 bits per heavy atom. The molecule has 1 aromatic carbocycles. The molecule has 5 rings (SSSR count). The minimum absolute atomic E-state index is 0.0930. The van der Waals surface area contributed by atoms with Gasteiger partial charge in [-0.3, -0.25) is 0 Å². The van der Waals surface area contributed by atoms with Gasteiger partial charge < -0.3 is 19.4 Å². The van der Waals surface area contributed by atoms with Crippen LogP contribution in [-0.4, -0.2) is 46.6 Å². The van der Waals surface area contributed by atoms with Gasteiger partial charge in [0, 0.05) is 36.8 Å². The molecule has 0 unspecified atom stereocenters. The van der Waals surface area contributed by atoms with E-state index in [4.69, 9.17) is 9.72 Å². The Kier molecular flexibility index (Phi) is 6.02. The Morgan fingerprint density at radius 1 is 1.06 bits per heavy atom. The first kappa shape index (κ1) is 20.9. The Morgan fingerprint density at radius 3 is 2.78 bits per heavy atom. The van der Waals surface area contributed by atoms with Crippen molar-refractivity contribution in [2.24, 2.45) is 0 Å². The number of hydrogen-bond donors (Lipinski definition) is 1. The second-order valence-electron chi connectivity index (χ2n) is 9.08. The number of urea groups is 1.